The van der Waals surface area contributed by atoms with Crippen molar-refractivity contribution in [1.29, 1.82) is 0 Å². The zero-order valence-corrected chi connectivity index (χ0v) is 6.53. The van der Waals surface area contributed by atoms with Gasteiger partial charge in [0.15, 0.2) is 0 Å². The van der Waals surface area contributed by atoms with Gasteiger partial charge in [0.1, 0.15) is 0 Å². The Morgan fingerprint density at radius 2 is 1.57 bits per heavy atom. The summed E-state index contributed by atoms with van der Waals surface area (Å²) in [7, 11) is 0. The lowest BCUT2D eigenvalue weighted by atomic mass is 10.6. The fourth-order valence-corrected chi connectivity index (χ4v) is 0. The maximum atomic E-state index is 7.57. The predicted molar refractivity (Wildman–Crippen MR) is 36.8 cm³/mol. The standard InChI is InChI=1S/C3H7Br.C2H6O/c1-2-3-4;1-2-3/h2-3H2,1H3;3H,2H2,1H3. The predicted octanol–water partition coefficient (Wildman–Crippen LogP) is 1.79. The SMILES string of the molecule is CCCBr.CCO. The third kappa shape index (κ3) is 61.2. The zero-order chi connectivity index (χ0) is 6.12. The lowest BCUT2D eigenvalue weighted by Gasteiger charge is -1.66. The molecule has 0 atom stereocenters. The molecule has 7 heavy (non-hydrogen) atoms. The Kier molecular flexibility index (Phi) is 24.0. The summed E-state index contributed by atoms with van der Waals surface area (Å²) in [6.45, 7) is 4.06. The molecule has 0 spiro atoms. The van der Waals surface area contributed by atoms with E-state index in [1.807, 2.05) is 0 Å². The molecule has 0 aliphatic heterocycles. The molecule has 0 radical (unpaired) electrons. The number of hydrogen-bond donors (Lipinski definition) is 1. The van der Waals surface area contributed by atoms with Crippen molar-refractivity contribution in [2.75, 3.05) is 11.9 Å². The van der Waals surface area contributed by atoms with Crippen molar-refractivity contribution in [3.05, 3.63) is 0 Å². The zero-order valence-electron chi connectivity index (χ0n) is 4.95. The second kappa shape index (κ2) is 16.1. The number of rotatable bonds is 1. The topological polar surface area (TPSA) is 20.2 Å². The van der Waals surface area contributed by atoms with Gasteiger partial charge in [-0.25, -0.2) is 0 Å². The van der Waals surface area contributed by atoms with Crippen LogP contribution in [-0.2, 0) is 0 Å². The highest BCUT2D eigenvalue weighted by molar-refractivity contribution is 9.09. The van der Waals surface area contributed by atoms with E-state index < -0.39 is 0 Å². The Labute approximate surface area is 53.9 Å². The minimum Gasteiger partial charge on any atom is -0.397 e. The van der Waals surface area contributed by atoms with E-state index in [0.29, 0.717) is 0 Å². The molecule has 1 nitrogen and oxygen atoms in total. The molecule has 46 valence electrons. The average Bonchev–Trinajstić information content (AvgIpc) is 1.69. The lowest BCUT2D eigenvalue weighted by Crippen LogP contribution is -1.57. The molecule has 2 heteroatoms. The van der Waals surface area contributed by atoms with E-state index in [9.17, 15) is 0 Å². The number of aliphatic hydroxyl groups is 1. The summed E-state index contributed by atoms with van der Waals surface area (Å²) in [5.41, 5.74) is 0. The maximum absolute atomic E-state index is 7.57. The Hall–Kier alpha value is 0.440. The van der Waals surface area contributed by atoms with Crippen molar-refractivity contribution in [3.63, 3.8) is 0 Å². The molecule has 0 unspecified atom stereocenters. The van der Waals surface area contributed by atoms with Gasteiger partial charge >= 0.3 is 0 Å². The van der Waals surface area contributed by atoms with Crippen LogP contribution >= 0.6 is 15.9 Å². The van der Waals surface area contributed by atoms with Crippen molar-refractivity contribution >= 4 is 15.9 Å². The molecular formula is C5H13BrO. The van der Waals surface area contributed by atoms with Gasteiger partial charge in [0.2, 0.25) is 0 Å². The first-order valence-corrected chi connectivity index (χ1v) is 3.62. The van der Waals surface area contributed by atoms with Crippen molar-refractivity contribution < 1.29 is 5.11 Å². The third-order valence-electron chi connectivity index (χ3n) is 0.189. The molecule has 1 N–H and O–H groups in total. The second-order valence-electron chi connectivity index (χ2n) is 1.01. The smallest absolute Gasteiger partial charge is 0.0402 e. The molecule has 0 fully saturated rings. The van der Waals surface area contributed by atoms with Crippen molar-refractivity contribution in [2.24, 2.45) is 0 Å². The fraction of sp³-hybridized carbons (Fsp3) is 1.00. The monoisotopic (exact) mass is 168 g/mol. The maximum Gasteiger partial charge on any atom is 0.0402 e. The van der Waals surface area contributed by atoms with Crippen LogP contribution in [0.3, 0.4) is 0 Å². The summed E-state index contributed by atoms with van der Waals surface area (Å²) in [6.07, 6.45) is 1.24. The van der Waals surface area contributed by atoms with E-state index >= 15 is 0 Å². The van der Waals surface area contributed by atoms with Crippen LogP contribution in [-0.4, -0.2) is 17.0 Å². The third-order valence-corrected chi connectivity index (χ3v) is 0.982. The van der Waals surface area contributed by atoms with Crippen LogP contribution in [0, 0.1) is 0 Å². The normalized spacial score (nSPS) is 6.86. The van der Waals surface area contributed by atoms with Crippen LogP contribution in [0.4, 0.5) is 0 Å². The number of aliphatic hydroxyl groups excluding tert-OH is 1. The first-order valence-electron chi connectivity index (χ1n) is 2.50. The molecule has 0 aromatic carbocycles. The van der Waals surface area contributed by atoms with Crippen LogP contribution in [0.15, 0.2) is 0 Å². The van der Waals surface area contributed by atoms with Gasteiger partial charge in [0.05, 0.1) is 0 Å². The molecule has 0 heterocycles. The van der Waals surface area contributed by atoms with Crippen LogP contribution in [0.25, 0.3) is 0 Å². The molecule has 0 amide bonds. The minimum absolute atomic E-state index is 0.250. The first-order chi connectivity index (χ1) is 3.33. The van der Waals surface area contributed by atoms with Crippen molar-refractivity contribution in [1.82, 2.24) is 0 Å². The Morgan fingerprint density at radius 1 is 1.43 bits per heavy atom. The second-order valence-corrected chi connectivity index (χ2v) is 1.80. The summed E-state index contributed by atoms with van der Waals surface area (Å²) >= 11 is 3.25. The highest BCUT2D eigenvalue weighted by Crippen LogP contribution is 1.80. The van der Waals surface area contributed by atoms with Crippen molar-refractivity contribution in [2.45, 2.75) is 20.3 Å². The summed E-state index contributed by atoms with van der Waals surface area (Å²) in [5, 5.41) is 8.70. The highest BCUT2D eigenvalue weighted by atomic mass is 79.9. The minimum atomic E-state index is 0.250. The Balaban J connectivity index is 0. The molecular weight excluding hydrogens is 156 g/mol. The number of hydrogen-bond acceptors (Lipinski definition) is 1. The van der Waals surface area contributed by atoms with Crippen LogP contribution in [0.1, 0.15) is 20.3 Å². The summed E-state index contributed by atoms with van der Waals surface area (Å²) < 4.78 is 0. The number of halogens is 1. The molecule has 0 aromatic heterocycles. The Bertz CT molecular complexity index is 15.6. The van der Waals surface area contributed by atoms with Crippen LogP contribution < -0.4 is 0 Å². The van der Waals surface area contributed by atoms with Gasteiger partial charge in [-0.05, 0) is 13.3 Å². The van der Waals surface area contributed by atoms with E-state index in [4.69, 9.17) is 5.11 Å². The molecule has 0 rings (SSSR count). The van der Waals surface area contributed by atoms with Gasteiger partial charge < -0.3 is 5.11 Å². The highest BCUT2D eigenvalue weighted by Gasteiger charge is 1.58. The summed E-state index contributed by atoms with van der Waals surface area (Å²) in [6, 6.07) is 0. The van der Waals surface area contributed by atoms with E-state index in [-0.39, 0.29) is 6.61 Å². The largest absolute Gasteiger partial charge is 0.397 e. The molecule has 0 saturated heterocycles. The van der Waals surface area contributed by atoms with E-state index in [0.717, 1.165) is 5.33 Å². The Morgan fingerprint density at radius 3 is 1.57 bits per heavy atom. The fourth-order valence-electron chi connectivity index (χ4n) is 0. The summed E-state index contributed by atoms with van der Waals surface area (Å²) in [4.78, 5) is 0. The molecule has 0 saturated carbocycles. The number of alkyl halides is 1. The van der Waals surface area contributed by atoms with E-state index in [1.165, 1.54) is 6.42 Å². The summed E-state index contributed by atoms with van der Waals surface area (Å²) in [5.74, 6) is 0. The van der Waals surface area contributed by atoms with Gasteiger partial charge in [0.25, 0.3) is 0 Å². The average molecular weight is 169 g/mol. The van der Waals surface area contributed by atoms with Gasteiger partial charge in [-0.15, -0.1) is 0 Å². The molecule has 0 aliphatic rings. The van der Waals surface area contributed by atoms with Gasteiger partial charge in [-0.3, -0.25) is 0 Å². The van der Waals surface area contributed by atoms with E-state index in [1.54, 1.807) is 6.92 Å². The lowest BCUT2D eigenvalue weighted by molar-refractivity contribution is 0.318. The van der Waals surface area contributed by atoms with Crippen LogP contribution in [0.2, 0.25) is 0 Å². The molecule has 0 aliphatic carbocycles. The first kappa shape index (κ1) is 10.4. The van der Waals surface area contributed by atoms with E-state index in [2.05, 4.69) is 22.9 Å². The molecule has 0 bridgehead atoms. The quantitative estimate of drug-likeness (QED) is 0.593. The van der Waals surface area contributed by atoms with Gasteiger partial charge in [-0.2, -0.15) is 0 Å². The van der Waals surface area contributed by atoms with Crippen LogP contribution in [0.5, 0.6) is 0 Å². The van der Waals surface area contributed by atoms with Gasteiger partial charge in [-0.1, -0.05) is 22.9 Å². The molecule has 0 aromatic rings. The van der Waals surface area contributed by atoms with Gasteiger partial charge in [0, 0.05) is 11.9 Å². The van der Waals surface area contributed by atoms with Crippen molar-refractivity contribution in [3.8, 4) is 0 Å².